The molecule has 0 aliphatic rings. The van der Waals surface area contributed by atoms with E-state index in [1.165, 1.54) is 0 Å². The Bertz CT molecular complexity index is 1030. The Kier molecular flexibility index (Phi) is 4.99. The van der Waals surface area contributed by atoms with Crippen LogP contribution in [0.1, 0.15) is 5.56 Å². The normalized spacial score (nSPS) is 11.4. The van der Waals surface area contributed by atoms with Crippen molar-refractivity contribution in [3.05, 3.63) is 65.7 Å². The summed E-state index contributed by atoms with van der Waals surface area (Å²) in [6, 6.07) is 4.63. The van der Waals surface area contributed by atoms with Crippen molar-refractivity contribution in [2.45, 2.75) is 6.18 Å². The quantitative estimate of drug-likeness (QED) is 0.618. The second-order valence-electron chi connectivity index (χ2n) is 5.32. The molecule has 1 heterocycles. The number of alkyl halides is 3. The van der Waals surface area contributed by atoms with Crippen LogP contribution in [0.5, 0.6) is 23.3 Å². The average Bonchev–Trinajstić information content (AvgIpc) is 2.62. The molecule has 11 heteroatoms. The first-order valence-corrected chi connectivity index (χ1v) is 7.43. The number of nitrogens with zero attached hydrogens (tertiary/aromatic N) is 2. The first kappa shape index (κ1) is 19.3. The minimum absolute atomic E-state index is 0.142. The summed E-state index contributed by atoms with van der Waals surface area (Å²) >= 11 is 0. The fourth-order valence-corrected chi connectivity index (χ4v) is 2.08. The predicted octanol–water partition coefficient (Wildman–Crippen LogP) is 5.08. The van der Waals surface area contributed by atoms with E-state index in [1.807, 2.05) is 0 Å². The molecule has 0 amide bonds. The van der Waals surface area contributed by atoms with Gasteiger partial charge in [-0.15, -0.1) is 0 Å². The van der Waals surface area contributed by atoms with Gasteiger partial charge in [0.15, 0.2) is 17.3 Å². The maximum absolute atomic E-state index is 13.3. The summed E-state index contributed by atoms with van der Waals surface area (Å²) in [7, 11) is 0. The fourth-order valence-electron chi connectivity index (χ4n) is 2.08. The van der Waals surface area contributed by atoms with Crippen molar-refractivity contribution in [1.29, 1.82) is 0 Å². The Hall–Kier alpha value is -3.50. The van der Waals surface area contributed by atoms with Gasteiger partial charge in [-0.25, -0.2) is 13.2 Å². The van der Waals surface area contributed by atoms with Crippen LogP contribution >= 0.6 is 0 Å². The molecule has 3 aromatic rings. The van der Waals surface area contributed by atoms with Gasteiger partial charge in [0.25, 0.3) is 0 Å². The molecule has 0 aliphatic carbocycles. The first-order valence-electron chi connectivity index (χ1n) is 7.43. The summed E-state index contributed by atoms with van der Waals surface area (Å²) in [5.41, 5.74) is 3.90. The molecule has 0 spiro atoms. The van der Waals surface area contributed by atoms with Gasteiger partial charge < -0.3 is 15.2 Å². The molecule has 3 rings (SSSR count). The van der Waals surface area contributed by atoms with E-state index in [0.29, 0.717) is 12.1 Å². The largest absolute Gasteiger partial charge is 0.437 e. The number of halogens is 6. The average molecular weight is 401 g/mol. The number of nitrogens with two attached hydrogens (primary N) is 1. The third-order valence-corrected chi connectivity index (χ3v) is 3.37. The van der Waals surface area contributed by atoms with Crippen LogP contribution in [0.2, 0.25) is 0 Å². The van der Waals surface area contributed by atoms with Gasteiger partial charge in [-0.2, -0.15) is 23.1 Å². The van der Waals surface area contributed by atoms with Crippen molar-refractivity contribution in [2.24, 2.45) is 0 Å². The van der Waals surface area contributed by atoms with E-state index >= 15 is 0 Å². The number of nitrogen functional groups attached to an aromatic ring is 1. The zero-order chi connectivity index (χ0) is 20.5. The molecule has 2 aromatic carbocycles. The molecule has 5 nitrogen and oxygen atoms in total. The highest BCUT2D eigenvalue weighted by Gasteiger charge is 2.34. The maximum Gasteiger partial charge on any atom is 0.419 e. The standard InChI is InChI=1S/C17H9F6N3O2/c18-11-3-1-8(5-10(11)17(21,22)23)27-15-14(24)16(26-7-25-15)28-9-2-4-12(19)13(20)6-9/h1-7H,24H2. The summed E-state index contributed by atoms with van der Waals surface area (Å²) in [6.07, 6.45) is -4.00. The third kappa shape index (κ3) is 4.08. The van der Waals surface area contributed by atoms with Crippen LogP contribution in [0.15, 0.2) is 42.7 Å². The molecule has 0 fully saturated rings. The zero-order valence-electron chi connectivity index (χ0n) is 13.6. The summed E-state index contributed by atoms with van der Waals surface area (Å²) in [4.78, 5) is 7.38. The molecule has 0 atom stereocenters. The van der Waals surface area contributed by atoms with Crippen LogP contribution in [0, 0.1) is 17.5 Å². The Morgan fingerprint density at radius 3 is 1.82 bits per heavy atom. The minimum atomic E-state index is -4.93. The number of ether oxygens (including phenoxy) is 2. The van der Waals surface area contributed by atoms with Crippen molar-refractivity contribution in [3.8, 4) is 23.3 Å². The monoisotopic (exact) mass is 401 g/mol. The Labute approximate surface area is 153 Å². The third-order valence-electron chi connectivity index (χ3n) is 3.37. The lowest BCUT2D eigenvalue weighted by molar-refractivity contribution is -0.140. The minimum Gasteiger partial charge on any atom is -0.437 e. The molecule has 0 bridgehead atoms. The molecule has 0 saturated carbocycles. The van der Waals surface area contributed by atoms with Crippen LogP contribution in [0.3, 0.4) is 0 Å². The maximum atomic E-state index is 13.3. The van der Waals surface area contributed by atoms with Crippen LogP contribution in [0.4, 0.5) is 32.0 Å². The highest BCUT2D eigenvalue weighted by Crippen LogP contribution is 2.37. The zero-order valence-corrected chi connectivity index (χ0v) is 13.6. The number of hydrogen-bond donors (Lipinski definition) is 1. The van der Waals surface area contributed by atoms with Gasteiger partial charge >= 0.3 is 6.18 Å². The molecule has 0 aliphatic heterocycles. The molecular weight excluding hydrogens is 392 g/mol. The summed E-state index contributed by atoms with van der Waals surface area (Å²) in [5.74, 6) is -4.97. The van der Waals surface area contributed by atoms with Crippen molar-refractivity contribution in [2.75, 3.05) is 5.73 Å². The molecule has 0 saturated heterocycles. The molecule has 0 unspecified atom stereocenters. The Balaban J connectivity index is 1.88. The van der Waals surface area contributed by atoms with Gasteiger partial charge in [0, 0.05) is 6.07 Å². The van der Waals surface area contributed by atoms with Gasteiger partial charge in [-0.05, 0) is 30.3 Å². The second kappa shape index (κ2) is 7.25. The van der Waals surface area contributed by atoms with Crippen LogP contribution in [-0.4, -0.2) is 9.97 Å². The number of rotatable bonds is 4. The number of hydrogen-bond acceptors (Lipinski definition) is 5. The molecule has 1 aromatic heterocycles. The van der Waals surface area contributed by atoms with E-state index in [4.69, 9.17) is 15.2 Å². The number of anilines is 1. The second-order valence-corrected chi connectivity index (χ2v) is 5.32. The van der Waals surface area contributed by atoms with Crippen LogP contribution in [-0.2, 0) is 6.18 Å². The lowest BCUT2D eigenvalue weighted by Crippen LogP contribution is -2.08. The van der Waals surface area contributed by atoms with E-state index in [9.17, 15) is 26.3 Å². The van der Waals surface area contributed by atoms with Crippen molar-refractivity contribution in [1.82, 2.24) is 9.97 Å². The Morgan fingerprint density at radius 1 is 0.750 bits per heavy atom. The molecule has 2 N–H and O–H groups in total. The highest BCUT2D eigenvalue weighted by atomic mass is 19.4. The smallest absolute Gasteiger partial charge is 0.419 e. The summed E-state index contributed by atoms with van der Waals surface area (Å²) in [6.45, 7) is 0. The van der Waals surface area contributed by atoms with Crippen molar-refractivity contribution >= 4 is 5.69 Å². The topological polar surface area (TPSA) is 70.3 Å². The van der Waals surface area contributed by atoms with Gasteiger partial charge in [0.2, 0.25) is 11.8 Å². The van der Waals surface area contributed by atoms with E-state index in [1.54, 1.807) is 0 Å². The highest BCUT2D eigenvalue weighted by molar-refractivity contribution is 5.58. The number of benzene rings is 2. The van der Waals surface area contributed by atoms with Crippen LogP contribution < -0.4 is 15.2 Å². The van der Waals surface area contributed by atoms with Crippen LogP contribution in [0.25, 0.3) is 0 Å². The predicted molar refractivity (Wildman–Crippen MR) is 84.4 cm³/mol. The van der Waals surface area contributed by atoms with Crippen molar-refractivity contribution < 1.29 is 35.8 Å². The van der Waals surface area contributed by atoms with E-state index in [2.05, 4.69) is 9.97 Å². The van der Waals surface area contributed by atoms with E-state index in [-0.39, 0.29) is 23.2 Å². The summed E-state index contributed by atoms with van der Waals surface area (Å²) in [5, 5.41) is 0. The SMILES string of the molecule is Nc1c(Oc2ccc(F)c(F)c2)ncnc1Oc1ccc(F)c(C(F)(F)F)c1. The van der Waals surface area contributed by atoms with E-state index in [0.717, 1.165) is 30.6 Å². The molecule has 28 heavy (non-hydrogen) atoms. The Morgan fingerprint density at radius 2 is 1.29 bits per heavy atom. The summed E-state index contributed by atoms with van der Waals surface area (Å²) < 4.78 is 88.3. The fraction of sp³-hybridized carbons (Fsp3) is 0.0588. The van der Waals surface area contributed by atoms with Crippen molar-refractivity contribution in [3.63, 3.8) is 0 Å². The van der Waals surface area contributed by atoms with Gasteiger partial charge in [-0.3, -0.25) is 0 Å². The van der Waals surface area contributed by atoms with Gasteiger partial charge in [-0.1, -0.05) is 0 Å². The lowest BCUT2D eigenvalue weighted by Gasteiger charge is -2.13. The van der Waals surface area contributed by atoms with E-state index < -0.39 is 34.9 Å². The van der Waals surface area contributed by atoms with Gasteiger partial charge in [0.05, 0.1) is 5.56 Å². The number of aromatic nitrogens is 2. The molecular formula is C17H9F6N3O2. The van der Waals surface area contributed by atoms with Gasteiger partial charge in [0.1, 0.15) is 23.6 Å². The molecule has 0 radical (unpaired) electrons. The lowest BCUT2D eigenvalue weighted by atomic mass is 10.2. The molecule has 146 valence electrons. The first-order chi connectivity index (χ1) is 13.1.